The van der Waals surface area contributed by atoms with Crippen molar-refractivity contribution in [1.29, 1.82) is 0 Å². The Balaban J connectivity index is 1.53. The van der Waals surface area contributed by atoms with E-state index in [-0.39, 0.29) is 6.10 Å². The van der Waals surface area contributed by atoms with E-state index in [1.54, 1.807) is 0 Å². The zero-order chi connectivity index (χ0) is 16.8. The Kier molecular flexibility index (Phi) is 6.96. The molecular weight excluding hydrogens is 300 g/mol. The minimum absolute atomic E-state index is 0.284. The molecule has 3 rings (SSSR count). The molecule has 1 aliphatic carbocycles. The zero-order valence-electron chi connectivity index (χ0n) is 15.5. The summed E-state index contributed by atoms with van der Waals surface area (Å²) in [6.45, 7) is 6.31. The van der Waals surface area contributed by atoms with E-state index in [0.29, 0.717) is 11.9 Å². The zero-order valence-corrected chi connectivity index (χ0v) is 15.5. The van der Waals surface area contributed by atoms with Crippen LogP contribution in [0.15, 0.2) is 0 Å². The Morgan fingerprint density at radius 1 is 1.08 bits per heavy atom. The van der Waals surface area contributed by atoms with E-state index >= 15 is 0 Å². The largest absolute Gasteiger partial charge is 0.376 e. The average molecular weight is 337 g/mol. The van der Waals surface area contributed by atoms with E-state index in [2.05, 4.69) is 17.1 Å². The molecule has 0 radical (unpaired) electrons. The second-order valence-corrected chi connectivity index (χ2v) is 8.33. The SMILES string of the molecule is CC1CCC(N(CC2CCCO2)C(=O)CCC2CCNCC2)CC1. The van der Waals surface area contributed by atoms with Crippen molar-refractivity contribution in [2.75, 3.05) is 26.2 Å². The number of nitrogens with zero attached hydrogens (tertiary/aromatic N) is 1. The van der Waals surface area contributed by atoms with Crippen molar-refractivity contribution in [3.8, 4) is 0 Å². The van der Waals surface area contributed by atoms with Crippen molar-refractivity contribution in [1.82, 2.24) is 10.2 Å². The summed E-state index contributed by atoms with van der Waals surface area (Å²) in [5, 5.41) is 3.42. The molecule has 2 saturated heterocycles. The minimum Gasteiger partial charge on any atom is -0.376 e. The lowest BCUT2D eigenvalue weighted by atomic mass is 9.86. The standard InChI is InChI=1S/C20H36N2O2/c1-16-4-7-18(8-5-16)22(15-19-3-2-14-24-19)20(23)9-6-17-10-12-21-13-11-17/h16-19,21H,2-15H2,1H3. The summed E-state index contributed by atoms with van der Waals surface area (Å²) in [6.07, 6.45) is 11.8. The Morgan fingerprint density at radius 2 is 1.83 bits per heavy atom. The molecule has 1 unspecified atom stereocenters. The van der Waals surface area contributed by atoms with Crippen LogP contribution in [0.3, 0.4) is 0 Å². The topological polar surface area (TPSA) is 41.6 Å². The van der Waals surface area contributed by atoms with Gasteiger partial charge in [0.05, 0.1) is 6.10 Å². The highest BCUT2D eigenvalue weighted by Crippen LogP contribution is 2.29. The van der Waals surface area contributed by atoms with Gasteiger partial charge in [-0.2, -0.15) is 0 Å². The lowest BCUT2D eigenvalue weighted by Gasteiger charge is -2.38. The molecule has 24 heavy (non-hydrogen) atoms. The van der Waals surface area contributed by atoms with E-state index in [0.717, 1.165) is 63.8 Å². The van der Waals surface area contributed by atoms with Crippen LogP contribution in [0.1, 0.15) is 71.1 Å². The molecule has 1 amide bonds. The van der Waals surface area contributed by atoms with Gasteiger partial charge in [0.2, 0.25) is 5.91 Å². The fraction of sp³-hybridized carbons (Fsp3) is 0.950. The Morgan fingerprint density at radius 3 is 2.50 bits per heavy atom. The third kappa shape index (κ3) is 5.19. The van der Waals surface area contributed by atoms with Crippen molar-refractivity contribution in [2.24, 2.45) is 11.8 Å². The Bertz CT molecular complexity index is 381. The minimum atomic E-state index is 0.284. The van der Waals surface area contributed by atoms with Gasteiger partial charge in [-0.15, -0.1) is 0 Å². The van der Waals surface area contributed by atoms with Gasteiger partial charge < -0.3 is 15.0 Å². The van der Waals surface area contributed by atoms with Gasteiger partial charge >= 0.3 is 0 Å². The van der Waals surface area contributed by atoms with Gasteiger partial charge in [0.1, 0.15) is 0 Å². The number of amides is 1. The fourth-order valence-electron chi connectivity index (χ4n) is 4.66. The van der Waals surface area contributed by atoms with Crippen molar-refractivity contribution >= 4 is 5.91 Å². The predicted octanol–water partition coefficient (Wildman–Crippen LogP) is 3.35. The first-order chi connectivity index (χ1) is 11.7. The van der Waals surface area contributed by atoms with Crippen molar-refractivity contribution < 1.29 is 9.53 Å². The first kappa shape index (κ1) is 18.2. The second-order valence-electron chi connectivity index (χ2n) is 8.33. The molecule has 138 valence electrons. The van der Waals surface area contributed by atoms with E-state index in [9.17, 15) is 4.79 Å². The first-order valence-electron chi connectivity index (χ1n) is 10.3. The molecular formula is C20H36N2O2. The number of carbonyl (C=O) groups excluding carboxylic acids is 1. The first-order valence-corrected chi connectivity index (χ1v) is 10.3. The normalized spacial score (nSPS) is 32.0. The van der Waals surface area contributed by atoms with E-state index < -0.39 is 0 Å². The van der Waals surface area contributed by atoms with E-state index in [1.165, 1.54) is 38.5 Å². The van der Waals surface area contributed by atoms with Gasteiger partial charge in [-0.3, -0.25) is 4.79 Å². The third-order valence-corrected chi connectivity index (χ3v) is 6.40. The smallest absolute Gasteiger partial charge is 0.222 e. The maximum Gasteiger partial charge on any atom is 0.222 e. The molecule has 1 N–H and O–H groups in total. The summed E-state index contributed by atoms with van der Waals surface area (Å²) in [5.74, 6) is 1.96. The van der Waals surface area contributed by atoms with Crippen LogP contribution < -0.4 is 5.32 Å². The van der Waals surface area contributed by atoms with E-state index in [1.807, 2.05) is 0 Å². The summed E-state index contributed by atoms with van der Waals surface area (Å²) in [4.78, 5) is 15.2. The predicted molar refractivity (Wildman–Crippen MR) is 96.9 cm³/mol. The quantitative estimate of drug-likeness (QED) is 0.809. The molecule has 1 saturated carbocycles. The summed E-state index contributed by atoms with van der Waals surface area (Å²) < 4.78 is 5.84. The van der Waals surface area contributed by atoms with Crippen LogP contribution >= 0.6 is 0 Å². The molecule has 0 spiro atoms. The maximum absolute atomic E-state index is 13.0. The molecule has 0 aromatic carbocycles. The highest BCUT2D eigenvalue weighted by molar-refractivity contribution is 5.76. The summed E-state index contributed by atoms with van der Waals surface area (Å²) >= 11 is 0. The molecule has 4 heteroatoms. The van der Waals surface area contributed by atoms with Gasteiger partial charge in [-0.05, 0) is 82.7 Å². The molecule has 3 fully saturated rings. The number of nitrogens with one attached hydrogen (secondary N) is 1. The highest BCUT2D eigenvalue weighted by Gasteiger charge is 2.31. The van der Waals surface area contributed by atoms with Crippen LogP contribution in [0, 0.1) is 11.8 Å². The van der Waals surface area contributed by atoms with Gasteiger partial charge in [0.15, 0.2) is 0 Å². The number of hydrogen-bond acceptors (Lipinski definition) is 3. The van der Waals surface area contributed by atoms with Crippen molar-refractivity contribution in [3.63, 3.8) is 0 Å². The average Bonchev–Trinajstić information content (AvgIpc) is 3.13. The van der Waals surface area contributed by atoms with E-state index in [4.69, 9.17) is 4.74 Å². The molecule has 4 nitrogen and oxygen atoms in total. The number of piperidine rings is 1. The third-order valence-electron chi connectivity index (χ3n) is 6.40. The van der Waals surface area contributed by atoms with Crippen LogP contribution in [0.4, 0.5) is 0 Å². The van der Waals surface area contributed by atoms with Gasteiger partial charge in [-0.25, -0.2) is 0 Å². The summed E-state index contributed by atoms with van der Waals surface area (Å²) in [7, 11) is 0. The van der Waals surface area contributed by atoms with Crippen LogP contribution in [-0.4, -0.2) is 49.2 Å². The van der Waals surface area contributed by atoms with Gasteiger partial charge in [0.25, 0.3) is 0 Å². The molecule has 3 aliphatic rings. The van der Waals surface area contributed by atoms with Crippen LogP contribution in [0.2, 0.25) is 0 Å². The lowest BCUT2D eigenvalue weighted by molar-refractivity contribution is -0.136. The fourth-order valence-corrected chi connectivity index (χ4v) is 4.66. The van der Waals surface area contributed by atoms with Crippen molar-refractivity contribution in [3.05, 3.63) is 0 Å². The molecule has 0 aromatic heterocycles. The monoisotopic (exact) mass is 336 g/mol. The maximum atomic E-state index is 13.0. The molecule has 0 bridgehead atoms. The van der Waals surface area contributed by atoms with Crippen molar-refractivity contribution in [2.45, 2.75) is 83.3 Å². The Labute approximate surface area is 147 Å². The highest BCUT2D eigenvalue weighted by atomic mass is 16.5. The Hall–Kier alpha value is -0.610. The van der Waals surface area contributed by atoms with Gasteiger partial charge in [-0.1, -0.05) is 6.92 Å². The molecule has 1 atom stereocenters. The lowest BCUT2D eigenvalue weighted by Crippen LogP contribution is -2.46. The molecule has 2 heterocycles. The number of ether oxygens (including phenoxy) is 1. The van der Waals surface area contributed by atoms with Crippen LogP contribution in [0.5, 0.6) is 0 Å². The number of rotatable bonds is 6. The van der Waals surface area contributed by atoms with Crippen LogP contribution in [0.25, 0.3) is 0 Å². The number of hydrogen-bond donors (Lipinski definition) is 1. The second kappa shape index (κ2) is 9.19. The van der Waals surface area contributed by atoms with Crippen LogP contribution in [-0.2, 0) is 9.53 Å². The van der Waals surface area contributed by atoms with Gasteiger partial charge in [0, 0.05) is 25.6 Å². The molecule has 0 aromatic rings. The summed E-state index contributed by atoms with van der Waals surface area (Å²) in [5.41, 5.74) is 0. The number of carbonyl (C=O) groups is 1. The molecule has 2 aliphatic heterocycles. The summed E-state index contributed by atoms with van der Waals surface area (Å²) in [6, 6.07) is 0.464.